The van der Waals surface area contributed by atoms with E-state index < -0.39 is 0 Å². The Morgan fingerprint density at radius 1 is 1.56 bits per heavy atom. The molecule has 0 bridgehead atoms. The number of carbonyl (C=O) groups excluding carboxylic acids is 1. The number of rotatable bonds is 2. The normalized spacial score (nSPS) is 20.5. The summed E-state index contributed by atoms with van der Waals surface area (Å²) in [5, 5.41) is 9.58. The fraction of sp³-hybridized carbons (Fsp3) is 0.364. The molecule has 3 N–H and O–H groups in total. The van der Waals surface area contributed by atoms with E-state index in [1.165, 1.54) is 0 Å². The van der Waals surface area contributed by atoms with Crippen LogP contribution in [0.4, 0.5) is 11.4 Å². The SMILES string of the molecule is Nc1cc(Cl)ccc1N1CC(CO)CC1=O. The van der Waals surface area contributed by atoms with Crippen LogP contribution in [0.2, 0.25) is 5.02 Å². The first kappa shape index (κ1) is 11.2. The van der Waals surface area contributed by atoms with E-state index in [1.54, 1.807) is 23.1 Å². The van der Waals surface area contributed by atoms with Gasteiger partial charge in [-0.15, -0.1) is 0 Å². The minimum atomic E-state index is -0.00641. The summed E-state index contributed by atoms with van der Waals surface area (Å²) in [5.74, 6) is -0.00403. The number of hydrogen-bond acceptors (Lipinski definition) is 3. The number of halogens is 1. The molecular weight excluding hydrogens is 228 g/mol. The molecule has 1 amide bonds. The van der Waals surface area contributed by atoms with Gasteiger partial charge in [-0.2, -0.15) is 0 Å². The Labute approximate surface area is 98.6 Å². The van der Waals surface area contributed by atoms with Crippen LogP contribution in [-0.4, -0.2) is 24.2 Å². The first-order chi connectivity index (χ1) is 7.61. The van der Waals surface area contributed by atoms with Crippen LogP contribution in [0.3, 0.4) is 0 Å². The molecule has 1 aliphatic rings. The lowest BCUT2D eigenvalue weighted by Gasteiger charge is -2.18. The number of amides is 1. The molecule has 86 valence electrons. The van der Waals surface area contributed by atoms with Gasteiger partial charge in [-0.05, 0) is 18.2 Å². The molecule has 1 saturated heterocycles. The Morgan fingerprint density at radius 2 is 2.31 bits per heavy atom. The van der Waals surface area contributed by atoms with Gasteiger partial charge in [0.1, 0.15) is 0 Å². The number of aliphatic hydroxyl groups is 1. The van der Waals surface area contributed by atoms with Gasteiger partial charge in [0.25, 0.3) is 0 Å². The van der Waals surface area contributed by atoms with E-state index in [4.69, 9.17) is 22.4 Å². The van der Waals surface area contributed by atoms with Gasteiger partial charge in [0, 0.05) is 30.5 Å². The highest BCUT2D eigenvalue weighted by Crippen LogP contribution is 2.31. The number of carbonyl (C=O) groups is 1. The number of nitrogens with zero attached hydrogens (tertiary/aromatic N) is 1. The second-order valence-electron chi connectivity index (χ2n) is 3.96. The molecule has 0 radical (unpaired) electrons. The van der Waals surface area contributed by atoms with Crippen LogP contribution in [0.1, 0.15) is 6.42 Å². The van der Waals surface area contributed by atoms with Gasteiger partial charge in [0.15, 0.2) is 0 Å². The monoisotopic (exact) mass is 240 g/mol. The van der Waals surface area contributed by atoms with E-state index in [0.717, 1.165) is 0 Å². The first-order valence-electron chi connectivity index (χ1n) is 5.08. The first-order valence-corrected chi connectivity index (χ1v) is 5.46. The Balaban J connectivity index is 2.28. The zero-order chi connectivity index (χ0) is 11.7. The number of hydrogen-bond donors (Lipinski definition) is 2. The molecule has 4 nitrogen and oxygen atoms in total. The van der Waals surface area contributed by atoms with Crippen molar-refractivity contribution in [3.8, 4) is 0 Å². The van der Waals surface area contributed by atoms with Crippen LogP contribution in [0.25, 0.3) is 0 Å². The zero-order valence-electron chi connectivity index (χ0n) is 8.69. The summed E-state index contributed by atoms with van der Waals surface area (Å²) in [7, 11) is 0. The summed E-state index contributed by atoms with van der Waals surface area (Å²) in [6.45, 7) is 0.539. The molecule has 5 heteroatoms. The summed E-state index contributed by atoms with van der Waals surface area (Å²) in [5.41, 5.74) is 6.97. The quantitative estimate of drug-likeness (QED) is 0.765. The lowest BCUT2D eigenvalue weighted by Crippen LogP contribution is -2.25. The summed E-state index contributed by atoms with van der Waals surface area (Å²) >= 11 is 5.79. The van der Waals surface area contributed by atoms with Crippen molar-refractivity contribution < 1.29 is 9.90 Å². The third kappa shape index (κ3) is 1.99. The lowest BCUT2D eigenvalue weighted by atomic mass is 10.1. The molecule has 0 spiro atoms. The molecule has 0 saturated carbocycles. The van der Waals surface area contributed by atoms with E-state index in [1.807, 2.05) is 0 Å². The fourth-order valence-electron chi connectivity index (χ4n) is 1.91. The fourth-order valence-corrected chi connectivity index (χ4v) is 2.09. The molecule has 1 heterocycles. The number of aliphatic hydroxyl groups excluding tert-OH is 1. The largest absolute Gasteiger partial charge is 0.397 e. The predicted molar refractivity (Wildman–Crippen MR) is 63.4 cm³/mol. The lowest BCUT2D eigenvalue weighted by molar-refractivity contribution is -0.117. The number of benzene rings is 1. The summed E-state index contributed by atoms with van der Waals surface area (Å²) in [4.78, 5) is 13.3. The highest BCUT2D eigenvalue weighted by atomic mass is 35.5. The molecular formula is C11H13ClN2O2. The molecule has 2 rings (SSSR count). The van der Waals surface area contributed by atoms with E-state index in [-0.39, 0.29) is 18.4 Å². The number of anilines is 2. The van der Waals surface area contributed by atoms with Crippen molar-refractivity contribution in [3.63, 3.8) is 0 Å². The summed E-state index contributed by atoms with van der Waals surface area (Å²) in [6.07, 6.45) is 0.374. The molecule has 1 unspecified atom stereocenters. The van der Waals surface area contributed by atoms with Gasteiger partial charge in [-0.3, -0.25) is 4.79 Å². The third-order valence-corrected chi connectivity index (χ3v) is 2.98. The van der Waals surface area contributed by atoms with Crippen molar-refractivity contribution in [2.75, 3.05) is 23.8 Å². The molecule has 0 aliphatic carbocycles. The molecule has 16 heavy (non-hydrogen) atoms. The number of nitrogens with two attached hydrogens (primary N) is 1. The Kier molecular flexibility index (Phi) is 3.03. The van der Waals surface area contributed by atoms with Crippen molar-refractivity contribution in [2.45, 2.75) is 6.42 Å². The van der Waals surface area contributed by atoms with E-state index in [9.17, 15) is 4.79 Å². The van der Waals surface area contributed by atoms with Crippen molar-refractivity contribution in [2.24, 2.45) is 5.92 Å². The topological polar surface area (TPSA) is 66.6 Å². The maximum atomic E-state index is 11.7. The summed E-state index contributed by atoms with van der Waals surface area (Å²) in [6, 6.07) is 5.05. The average molecular weight is 241 g/mol. The van der Waals surface area contributed by atoms with Crippen LogP contribution >= 0.6 is 11.6 Å². The van der Waals surface area contributed by atoms with Gasteiger partial charge in [0.2, 0.25) is 5.91 Å². The van der Waals surface area contributed by atoms with Crippen LogP contribution in [0.5, 0.6) is 0 Å². The predicted octanol–water partition coefficient (Wildman–Crippen LogP) is 1.27. The van der Waals surface area contributed by atoms with Gasteiger partial charge >= 0.3 is 0 Å². The minimum absolute atomic E-state index is 0.00239. The van der Waals surface area contributed by atoms with Gasteiger partial charge in [-0.25, -0.2) is 0 Å². The van der Waals surface area contributed by atoms with Crippen molar-refractivity contribution >= 4 is 28.9 Å². The second kappa shape index (κ2) is 4.31. The van der Waals surface area contributed by atoms with Crippen molar-refractivity contribution in [1.82, 2.24) is 0 Å². The Hall–Kier alpha value is -1.26. The average Bonchev–Trinajstić information content (AvgIpc) is 2.60. The molecule has 1 atom stereocenters. The minimum Gasteiger partial charge on any atom is -0.397 e. The smallest absolute Gasteiger partial charge is 0.227 e. The van der Waals surface area contributed by atoms with Gasteiger partial charge < -0.3 is 15.7 Å². The maximum Gasteiger partial charge on any atom is 0.227 e. The van der Waals surface area contributed by atoms with Gasteiger partial charge in [0.05, 0.1) is 11.4 Å². The van der Waals surface area contributed by atoms with E-state index in [2.05, 4.69) is 0 Å². The molecule has 1 aliphatic heterocycles. The standard InChI is InChI=1S/C11H13ClN2O2/c12-8-1-2-10(9(13)4-8)14-5-7(6-15)3-11(14)16/h1-2,4,7,15H,3,5-6,13H2. The number of nitrogen functional groups attached to an aromatic ring is 1. The Morgan fingerprint density at radius 3 is 2.88 bits per heavy atom. The van der Waals surface area contributed by atoms with Crippen LogP contribution in [0.15, 0.2) is 18.2 Å². The van der Waals surface area contributed by atoms with Crippen LogP contribution in [0, 0.1) is 5.92 Å². The van der Waals surface area contributed by atoms with Crippen molar-refractivity contribution in [3.05, 3.63) is 23.2 Å². The van der Waals surface area contributed by atoms with E-state index in [0.29, 0.717) is 29.4 Å². The second-order valence-corrected chi connectivity index (χ2v) is 4.40. The highest BCUT2D eigenvalue weighted by molar-refractivity contribution is 6.31. The molecule has 1 aromatic rings. The van der Waals surface area contributed by atoms with Crippen LogP contribution < -0.4 is 10.6 Å². The van der Waals surface area contributed by atoms with Crippen LogP contribution in [-0.2, 0) is 4.79 Å². The third-order valence-electron chi connectivity index (χ3n) is 2.74. The highest BCUT2D eigenvalue weighted by Gasteiger charge is 2.30. The molecule has 1 fully saturated rings. The maximum absolute atomic E-state index is 11.7. The molecule has 1 aromatic carbocycles. The molecule has 0 aromatic heterocycles. The Bertz CT molecular complexity index is 422. The van der Waals surface area contributed by atoms with E-state index >= 15 is 0 Å². The van der Waals surface area contributed by atoms with Gasteiger partial charge in [-0.1, -0.05) is 11.6 Å². The van der Waals surface area contributed by atoms with Crippen molar-refractivity contribution in [1.29, 1.82) is 0 Å². The zero-order valence-corrected chi connectivity index (χ0v) is 9.44. The summed E-state index contributed by atoms with van der Waals surface area (Å²) < 4.78 is 0.